The highest BCUT2D eigenvalue weighted by atomic mass is 31.2. The topological polar surface area (TPSA) is 97.4 Å². The first-order valence-electron chi connectivity index (χ1n) is 11.5. The molecule has 0 atom stereocenters. The van der Waals surface area contributed by atoms with Gasteiger partial charge in [0.1, 0.15) is 5.75 Å². The van der Waals surface area contributed by atoms with Gasteiger partial charge in [0.2, 0.25) is 0 Å². The van der Waals surface area contributed by atoms with Gasteiger partial charge in [0.25, 0.3) is 0 Å². The highest BCUT2D eigenvalue weighted by Crippen LogP contribution is 2.51. The second-order valence-electron chi connectivity index (χ2n) is 7.80. The molecule has 8 nitrogen and oxygen atoms in total. The fourth-order valence-corrected chi connectivity index (χ4v) is 4.49. The molecule has 0 spiro atoms. The highest BCUT2D eigenvalue weighted by Gasteiger charge is 2.30. The van der Waals surface area contributed by atoms with Crippen LogP contribution in [0.25, 0.3) is 0 Å². The minimum Gasteiger partial charge on any atom is -0.463 e. The van der Waals surface area contributed by atoms with Crippen LogP contribution < -0.4 is 4.52 Å². The lowest BCUT2D eigenvalue weighted by atomic mass is 10.1. The van der Waals surface area contributed by atoms with Crippen LogP contribution in [0.1, 0.15) is 55.2 Å². The van der Waals surface area contributed by atoms with Crippen LogP contribution in [0, 0.1) is 20.8 Å². The maximum absolute atomic E-state index is 13.4. The first-order valence-corrected chi connectivity index (χ1v) is 12.9. The molecule has 0 aliphatic carbocycles. The maximum Gasteiger partial charge on any atom is 0.530 e. The van der Waals surface area contributed by atoms with E-state index >= 15 is 0 Å². The summed E-state index contributed by atoms with van der Waals surface area (Å²) in [6.45, 7) is 13.4. The van der Waals surface area contributed by atoms with Crippen molar-refractivity contribution < 1.29 is 37.2 Å². The number of phosphoric ester groups is 1. The molecule has 0 fully saturated rings. The van der Waals surface area contributed by atoms with Crippen LogP contribution in [0.15, 0.2) is 37.4 Å². The van der Waals surface area contributed by atoms with Crippen LogP contribution >= 0.6 is 7.82 Å². The van der Waals surface area contributed by atoms with Crippen molar-refractivity contribution in [2.45, 2.75) is 59.3 Å². The Morgan fingerprint density at radius 3 is 1.59 bits per heavy atom. The van der Waals surface area contributed by atoms with Gasteiger partial charge in [-0.05, 0) is 70.4 Å². The normalized spacial score (nSPS) is 11.0. The Hall–Kier alpha value is -2.41. The van der Waals surface area contributed by atoms with Gasteiger partial charge in [0.15, 0.2) is 0 Å². The van der Waals surface area contributed by atoms with E-state index < -0.39 is 19.8 Å². The van der Waals surface area contributed by atoms with Gasteiger partial charge in [-0.1, -0.05) is 30.9 Å². The Bertz CT molecular complexity index is 803. The van der Waals surface area contributed by atoms with Crippen molar-refractivity contribution in [1.82, 2.24) is 0 Å². The minimum atomic E-state index is -3.86. The second-order valence-corrected chi connectivity index (χ2v) is 9.39. The zero-order valence-corrected chi connectivity index (χ0v) is 21.4. The zero-order valence-electron chi connectivity index (χ0n) is 20.5. The lowest BCUT2D eigenvalue weighted by Gasteiger charge is -2.21. The fourth-order valence-electron chi connectivity index (χ4n) is 3.09. The monoisotopic (exact) mass is 496 g/mol. The third-order valence-electron chi connectivity index (χ3n) is 4.71. The number of esters is 2. The predicted molar refractivity (Wildman–Crippen MR) is 131 cm³/mol. The molecular formula is C25H37O8P. The number of unbranched alkanes of at least 4 members (excludes halogenated alkanes) is 4. The molecule has 0 heterocycles. The van der Waals surface area contributed by atoms with E-state index in [1.54, 1.807) is 0 Å². The molecule has 0 aliphatic heterocycles. The Kier molecular flexibility index (Phi) is 14.2. The van der Waals surface area contributed by atoms with E-state index in [0.29, 0.717) is 44.6 Å². The van der Waals surface area contributed by atoms with E-state index in [-0.39, 0.29) is 13.2 Å². The SMILES string of the molecule is C=CC(=O)OCCCCCOP(=O)(OCCCCCOC(=O)C=C)Oc1c(C)cc(C)cc1C. The molecule has 1 aromatic carbocycles. The van der Waals surface area contributed by atoms with Crippen LogP contribution in [-0.4, -0.2) is 38.4 Å². The molecule has 0 amide bonds. The summed E-state index contributed by atoms with van der Waals surface area (Å²) in [5.74, 6) is -0.419. The number of aryl methyl sites for hydroxylation is 3. The van der Waals surface area contributed by atoms with Gasteiger partial charge in [-0.2, -0.15) is 0 Å². The van der Waals surface area contributed by atoms with E-state index in [1.807, 2.05) is 32.9 Å². The van der Waals surface area contributed by atoms with Crippen molar-refractivity contribution >= 4 is 19.8 Å². The van der Waals surface area contributed by atoms with Crippen LogP contribution in [-0.2, 0) is 32.7 Å². The first-order chi connectivity index (χ1) is 16.2. The molecule has 0 aromatic heterocycles. The quantitative estimate of drug-likeness (QED) is 0.107. The van der Waals surface area contributed by atoms with Gasteiger partial charge >= 0.3 is 19.8 Å². The highest BCUT2D eigenvalue weighted by molar-refractivity contribution is 7.48. The summed E-state index contributed by atoms with van der Waals surface area (Å²) in [4.78, 5) is 22.1. The van der Waals surface area contributed by atoms with Gasteiger partial charge in [0, 0.05) is 12.2 Å². The van der Waals surface area contributed by atoms with Crippen LogP contribution in [0.2, 0.25) is 0 Å². The second kappa shape index (κ2) is 16.3. The molecule has 34 heavy (non-hydrogen) atoms. The van der Waals surface area contributed by atoms with Crippen LogP contribution in [0.4, 0.5) is 0 Å². The lowest BCUT2D eigenvalue weighted by molar-refractivity contribution is -0.138. The number of carbonyl (C=O) groups is 2. The summed E-state index contributed by atoms with van der Waals surface area (Å²) in [5.41, 5.74) is 2.77. The Labute approximate surface area is 202 Å². The van der Waals surface area contributed by atoms with Gasteiger partial charge < -0.3 is 14.0 Å². The standard InChI is InChI=1S/C25H37O8P/c1-6-23(26)29-14-10-8-12-16-31-34(28,32-17-13-9-11-15-30-24(27)7-2)33-25-21(4)18-20(3)19-22(25)5/h6-7,18-19H,1-2,8-17H2,3-5H3. The van der Waals surface area contributed by atoms with Gasteiger partial charge in [-0.3, -0.25) is 9.05 Å². The number of carbonyl (C=O) groups excluding carboxylic acids is 2. The number of benzene rings is 1. The predicted octanol–water partition coefficient (Wildman–Crippen LogP) is 5.93. The van der Waals surface area contributed by atoms with Crippen molar-refractivity contribution in [3.8, 4) is 5.75 Å². The Morgan fingerprint density at radius 1 is 0.765 bits per heavy atom. The van der Waals surface area contributed by atoms with E-state index in [9.17, 15) is 14.2 Å². The molecule has 190 valence electrons. The molecule has 1 aromatic rings. The number of phosphoric acid groups is 1. The zero-order chi connectivity index (χ0) is 25.4. The summed E-state index contributed by atoms with van der Waals surface area (Å²) >= 11 is 0. The van der Waals surface area contributed by atoms with E-state index in [2.05, 4.69) is 13.2 Å². The number of hydrogen-bond donors (Lipinski definition) is 0. The molecule has 0 N–H and O–H groups in total. The van der Waals surface area contributed by atoms with Crippen molar-refractivity contribution in [2.75, 3.05) is 26.4 Å². The Balaban J connectivity index is 2.58. The van der Waals surface area contributed by atoms with Gasteiger partial charge in [0.05, 0.1) is 26.4 Å². The molecule has 0 saturated heterocycles. The van der Waals surface area contributed by atoms with Crippen LogP contribution in [0.3, 0.4) is 0 Å². The van der Waals surface area contributed by atoms with Crippen LogP contribution in [0.5, 0.6) is 5.75 Å². The largest absolute Gasteiger partial charge is 0.530 e. The summed E-state index contributed by atoms with van der Waals surface area (Å²) in [6, 6.07) is 3.89. The molecule has 0 bridgehead atoms. The molecule has 0 saturated carbocycles. The average molecular weight is 497 g/mol. The van der Waals surface area contributed by atoms with Crippen molar-refractivity contribution in [3.63, 3.8) is 0 Å². The lowest BCUT2D eigenvalue weighted by Crippen LogP contribution is -2.07. The number of ether oxygens (including phenoxy) is 2. The third-order valence-corrected chi connectivity index (χ3v) is 6.11. The van der Waals surface area contributed by atoms with E-state index in [4.69, 9.17) is 23.0 Å². The summed E-state index contributed by atoms with van der Waals surface area (Å²) in [7, 11) is -3.86. The van der Waals surface area contributed by atoms with E-state index in [0.717, 1.165) is 41.7 Å². The van der Waals surface area contributed by atoms with Gasteiger partial charge in [-0.25, -0.2) is 14.2 Å². The molecular weight excluding hydrogens is 459 g/mol. The molecule has 1 rings (SSSR count). The van der Waals surface area contributed by atoms with Crippen molar-refractivity contribution in [2.24, 2.45) is 0 Å². The Morgan fingerprint density at radius 2 is 1.18 bits per heavy atom. The number of rotatable bonds is 18. The minimum absolute atomic E-state index is 0.175. The smallest absolute Gasteiger partial charge is 0.463 e. The first kappa shape index (κ1) is 29.6. The molecule has 0 aliphatic rings. The summed E-state index contributed by atoms with van der Waals surface area (Å²) in [6.07, 6.45) is 6.19. The number of hydrogen-bond acceptors (Lipinski definition) is 8. The summed E-state index contributed by atoms with van der Waals surface area (Å²) < 4.78 is 40.3. The summed E-state index contributed by atoms with van der Waals surface area (Å²) in [5, 5.41) is 0. The third kappa shape index (κ3) is 12.2. The average Bonchev–Trinajstić information content (AvgIpc) is 2.79. The van der Waals surface area contributed by atoms with Crippen molar-refractivity contribution in [1.29, 1.82) is 0 Å². The molecule has 9 heteroatoms. The van der Waals surface area contributed by atoms with E-state index in [1.165, 1.54) is 0 Å². The molecule has 0 radical (unpaired) electrons. The van der Waals surface area contributed by atoms with Gasteiger partial charge in [-0.15, -0.1) is 0 Å². The molecule has 0 unspecified atom stereocenters. The maximum atomic E-state index is 13.4. The van der Waals surface area contributed by atoms with Crippen molar-refractivity contribution in [3.05, 3.63) is 54.1 Å². The fraction of sp³-hybridized carbons (Fsp3) is 0.520.